The van der Waals surface area contributed by atoms with E-state index in [1.165, 1.54) is 18.9 Å². The van der Waals surface area contributed by atoms with Gasteiger partial charge in [0.15, 0.2) is 0 Å². The second-order valence-electron chi connectivity index (χ2n) is 5.82. The zero-order chi connectivity index (χ0) is 13.2. The topological polar surface area (TPSA) is 29.3 Å². The summed E-state index contributed by atoms with van der Waals surface area (Å²) >= 11 is 0. The molecule has 1 heterocycles. The van der Waals surface area contributed by atoms with Crippen LogP contribution in [0.4, 0.5) is 4.39 Å². The fraction of sp³-hybridized carbons (Fsp3) is 0.600. The molecule has 1 aliphatic heterocycles. The van der Waals surface area contributed by atoms with Crippen LogP contribution >= 0.6 is 0 Å². The van der Waals surface area contributed by atoms with Crippen molar-refractivity contribution >= 4 is 0 Å². The Hall–Kier alpha value is -0.930. The molecule has 0 saturated carbocycles. The van der Waals surface area contributed by atoms with Crippen molar-refractivity contribution in [2.24, 2.45) is 5.73 Å². The fourth-order valence-corrected chi connectivity index (χ4v) is 2.80. The summed E-state index contributed by atoms with van der Waals surface area (Å²) in [5.41, 5.74) is 7.00. The number of rotatable bonds is 4. The first kappa shape index (κ1) is 13.5. The van der Waals surface area contributed by atoms with Crippen LogP contribution in [0.15, 0.2) is 24.3 Å². The van der Waals surface area contributed by atoms with Gasteiger partial charge in [-0.1, -0.05) is 18.2 Å². The highest BCUT2D eigenvalue weighted by atomic mass is 19.1. The summed E-state index contributed by atoms with van der Waals surface area (Å²) in [5.74, 6) is -0.189. The second-order valence-corrected chi connectivity index (χ2v) is 5.82. The highest BCUT2D eigenvalue weighted by molar-refractivity contribution is 5.20. The summed E-state index contributed by atoms with van der Waals surface area (Å²) in [5, 5.41) is 0. The molecule has 100 valence electrons. The van der Waals surface area contributed by atoms with E-state index in [0.717, 1.165) is 19.5 Å². The van der Waals surface area contributed by atoms with Crippen LogP contribution in [-0.2, 0) is 0 Å². The summed E-state index contributed by atoms with van der Waals surface area (Å²) < 4.78 is 13.6. The maximum absolute atomic E-state index is 13.6. The third kappa shape index (κ3) is 2.90. The fourth-order valence-electron chi connectivity index (χ4n) is 2.80. The van der Waals surface area contributed by atoms with Gasteiger partial charge in [-0.2, -0.15) is 0 Å². The van der Waals surface area contributed by atoms with E-state index in [-0.39, 0.29) is 17.4 Å². The van der Waals surface area contributed by atoms with Gasteiger partial charge in [0.05, 0.1) is 0 Å². The minimum Gasteiger partial charge on any atom is -0.324 e. The quantitative estimate of drug-likeness (QED) is 0.889. The Morgan fingerprint density at radius 1 is 1.39 bits per heavy atom. The van der Waals surface area contributed by atoms with Gasteiger partial charge in [-0.25, -0.2) is 4.39 Å². The number of nitrogens with zero attached hydrogens (tertiary/aromatic N) is 1. The molecule has 0 bridgehead atoms. The molecular weight excluding hydrogens is 227 g/mol. The average Bonchev–Trinajstić information content (AvgIpc) is 2.66. The lowest BCUT2D eigenvalue weighted by Gasteiger charge is -2.32. The lowest BCUT2D eigenvalue weighted by atomic mass is 10.00. The van der Waals surface area contributed by atoms with Crippen molar-refractivity contribution in [2.45, 2.75) is 44.7 Å². The molecule has 0 radical (unpaired) electrons. The normalized spacial score (nSPS) is 21.1. The van der Waals surface area contributed by atoms with Crippen molar-refractivity contribution < 1.29 is 4.39 Å². The smallest absolute Gasteiger partial charge is 0.127 e. The van der Waals surface area contributed by atoms with Gasteiger partial charge in [0.25, 0.3) is 0 Å². The van der Waals surface area contributed by atoms with Crippen LogP contribution in [0, 0.1) is 5.82 Å². The molecule has 1 aromatic carbocycles. The van der Waals surface area contributed by atoms with Gasteiger partial charge >= 0.3 is 0 Å². The molecule has 1 aromatic rings. The van der Waals surface area contributed by atoms with E-state index in [9.17, 15) is 4.39 Å². The molecule has 1 atom stereocenters. The minimum atomic E-state index is -0.206. The highest BCUT2D eigenvalue weighted by Crippen LogP contribution is 2.29. The first-order valence-electron chi connectivity index (χ1n) is 6.76. The van der Waals surface area contributed by atoms with Crippen LogP contribution < -0.4 is 5.73 Å². The number of halogens is 1. The number of nitrogens with two attached hydrogens (primary N) is 1. The molecule has 2 nitrogen and oxygen atoms in total. The van der Waals surface area contributed by atoms with E-state index in [0.29, 0.717) is 5.56 Å². The molecular formula is C15H23FN2. The van der Waals surface area contributed by atoms with Crippen LogP contribution in [0.25, 0.3) is 0 Å². The van der Waals surface area contributed by atoms with E-state index in [4.69, 9.17) is 5.73 Å². The van der Waals surface area contributed by atoms with Crippen molar-refractivity contribution in [1.29, 1.82) is 0 Å². The van der Waals surface area contributed by atoms with E-state index in [1.54, 1.807) is 12.1 Å². The lowest BCUT2D eigenvalue weighted by Crippen LogP contribution is -2.39. The van der Waals surface area contributed by atoms with E-state index >= 15 is 0 Å². The van der Waals surface area contributed by atoms with Crippen LogP contribution in [0.2, 0.25) is 0 Å². The predicted octanol–water partition coefficient (Wildman–Crippen LogP) is 3.09. The zero-order valence-corrected chi connectivity index (χ0v) is 11.3. The van der Waals surface area contributed by atoms with Crippen LogP contribution in [-0.4, -0.2) is 23.5 Å². The van der Waals surface area contributed by atoms with Gasteiger partial charge in [0.1, 0.15) is 5.82 Å². The molecule has 3 heteroatoms. The third-order valence-corrected chi connectivity index (χ3v) is 4.09. The Labute approximate surface area is 109 Å². The van der Waals surface area contributed by atoms with Gasteiger partial charge in [-0.05, 0) is 45.7 Å². The molecule has 0 spiro atoms. The average molecular weight is 250 g/mol. The molecule has 0 amide bonds. The van der Waals surface area contributed by atoms with E-state index in [1.807, 2.05) is 6.07 Å². The number of likely N-dealkylation sites (tertiary alicyclic amines) is 1. The van der Waals surface area contributed by atoms with Crippen molar-refractivity contribution in [3.05, 3.63) is 35.6 Å². The highest BCUT2D eigenvalue weighted by Gasteiger charge is 2.31. The number of hydrogen-bond acceptors (Lipinski definition) is 2. The van der Waals surface area contributed by atoms with Gasteiger partial charge < -0.3 is 5.73 Å². The molecule has 1 saturated heterocycles. The Morgan fingerprint density at radius 2 is 2.11 bits per heavy atom. The first-order valence-corrected chi connectivity index (χ1v) is 6.76. The Bertz CT molecular complexity index is 403. The maximum Gasteiger partial charge on any atom is 0.127 e. The summed E-state index contributed by atoms with van der Waals surface area (Å²) in [6.45, 7) is 6.63. The molecule has 1 unspecified atom stereocenters. The standard InChI is InChI=1S/C15H23FN2/c1-15(2)9-5-10-18(15)11-8-14(17)12-6-3-4-7-13(12)16/h3-4,6-7,14H,5,8-11,17H2,1-2H3. The van der Waals surface area contributed by atoms with E-state index < -0.39 is 0 Å². The molecule has 0 aromatic heterocycles. The molecule has 2 rings (SSSR count). The molecule has 0 aliphatic carbocycles. The SMILES string of the molecule is CC1(C)CCCN1CCC(N)c1ccccc1F. The number of hydrogen-bond donors (Lipinski definition) is 1. The van der Waals surface area contributed by atoms with Crippen molar-refractivity contribution in [2.75, 3.05) is 13.1 Å². The van der Waals surface area contributed by atoms with E-state index in [2.05, 4.69) is 18.7 Å². The predicted molar refractivity (Wildman–Crippen MR) is 72.8 cm³/mol. The summed E-state index contributed by atoms with van der Waals surface area (Å²) in [7, 11) is 0. The Kier molecular flexibility index (Phi) is 4.03. The summed E-state index contributed by atoms with van der Waals surface area (Å²) in [6.07, 6.45) is 3.30. The Balaban J connectivity index is 1.93. The van der Waals surface area contributed by atoms with Gasteiger partial charge in [0.2, 0.25) is 0 Å². The molecule has 18 heavy (non-hydrogen) atoms. The monoisotopic (exact) mass is 250 g/mol. The minimum absolute atomic E-state index is 0.189. The third-order valence-electron chi connectivity index (χ3n) is 4.09. The largest absolute Gasteiger partial charge is 0.324 e. The lowest BCUT2D eigenvalue weighted by molar-refractivity contribution is 0.169. The van der Waals surface area contributed by atoms with Gasteiger partial charge in [-0.3, -0.25) is 4.90 Å². The molecule has 1 aliphatic rings. The van der Waals surface area contributed by atoms with Crippen LogP contribution in [0.3, 0.4) is 0 Å². The molecule has 1 fully saturated rings. The van der Waals surface area contributed by atoms with Crippen LogP contribution in [0.1, 0.15) is 44.7 Å². The second kappa shape index (κ2) is 5.37. The summed E-state index contributed by atoms with van der Waals surface area (Å²) in [4.78, 5) is 2.47. The number of benzene rings is 1. The Morgan fingerprint density at radius 3 is 2.72 bits per heavy atom. The van der Waals surface area contributed by atoms with Crippen molar-refractivity contribution in [3.63, 3.8) is 0 Å². The summed E-state index contributed by atoms with van der Waals surface area (Å²) in [6, 6.07) is 6.61. The first-order chi connectivity index (χ1) is 8.50. The zero-order valence-electron chi connectivity index (χ0n) is 11.3. The molecule has 2 N–H and O–H groups in total. The van der Waals surface area contributed by atoms with Crippen molar-refractivity contribution in [1.82, 2.24) is 4.90 Å². The van der Waals surface area contributed by atoms with Crippen molar-refractivity contribution in [3.8, 4) is 0 Å². The van der Waals surface area contributed by atoms with Crippen LogP contribution in [0.5, 0.6) is 0 Å². The maximum atomic E-state index is 13.6. The van der Waals surface area contributed by atoms with Gasteiger partial charge in [-0.15, -0.1) is 0 Å². The van der Waals surface area contributed by atoms with Gasteiger partial charge in [0, 0.05) is 23.7 Å².